The van der Waals surface area contributed by atoms with Crippen LogP contribution in [0.2, 0.25) is 10.0 Å². The highest BCUT2D eigenvalue weighted by atomic mass is 35.5. The van der Waals surface area contributed by atoms with E-state index in [9.17, 15) is 8.42 Å². The second-order valence-corrected chi connectivity index (χ2v) is 7.69. The van der Waals surface area contributed by atoms with E-state index < -0.39 is 10.0 Å². The first kappa shape index (κ1) is 15.4. The van der Waals surface area contributed by atoms with Gasteiger partial charge in [0.2, 0.25) is 10.0 Å². The van der Waals surface area contributed by atoms with E-state index in [0.29, 0.717) is 5.02 Å². The van der Waals surface area contributed by atoms with Crippen LogP contribution in [0.1, 0.15) is 25.7 Å². The molecule has 1 aromatic rings. The Kier molecular flexibility index (Phi) is 5.01. The van der Waals surface area contributed by atoms with E-state index in [2.05, 4.69) is 4.72 Å². The van der Waals surface area contributed by atoms with E-state index in [-0.39, 0.29) is 21.3 Å². The Labute approximate surface area is 128 Å². The van der Waals surface area contributed by atoms with Crippen molar-refractivity contribution in [3.63, 3.8) is 0 Å². The molecule has 0 amide bonds. The van der Waals surface area contributed by atoms with Gasteiger partial charge in [-0.25, -0.2) is 13.1 Å². The van der Waals surface area contributed by atoms with Gasteiger partial charge in [0.25, 0.3) is 0 Å². The summed E-state index contributed by atoms with van der Waals surface area (Å²) in [6.45, 7) is 0. The first-order valence-corrected chi connectivity index (χ1v) is 8.69. The molecule has 0 heterocycles. The van der Waals surface area contributed by atoms with E-state index in [1.807, 2.05) is 0 Å². The molecule has 0 unspecified atom stereocenters. The number of benzene rings is 1. The lowest BCUT2D eigenvalue weighted by Gasteiger charge is -2.27. The van der Waals surface area contributed by atoms with Crippen molar-refractivity contribution in [1.29, 1.82) is 0 Å². The normalized spacial score (nSPS) is 24.4. The molecule has 1 fully saturated rings. The highest BCUT2D eigenvalue weighted by Gasteiger charge is 2.29. The molecule has 1 aromatic carbocycles. The highest BCUT2D eigenvalue weighted by molar-refractivity contribution is 7.89. The fraction of sp³-hybridized carbons (Fsp3) is 0.500. The molecule has 2 atom stereocenters. The average Bonchev–Trinajstić information content (AvgIpc) is 2.31. The van der Waals surface area contributed by atoms with Gasteiger partial charge in [0.15, 0.2) is 0 Å². The van der Waals surface area contributed by atoms with Crippen LogP contribution in [-0.4, -0.2) is 19.8 Å². The van der Waals surface area contributed by atoms with Crippen LogP contribution in [0.15, 0.2) is 23.1 Å². The predicted octanol–water partition coefficient (Wildman–Crippen LogP) is 3.82. The lowest BCUT2D eigenvalue weighted by molar-refractivity contribution is 0.418. The first-order valence-electron chi connectivity index (χ1n) is 6.01. The van der Waals surface area contributed by atoms with E-state index in [1.165, 1.54) is 18.2 Å². The van der Waals surface area contributed by atoms with Crippen LogP contribution in [0.5, 0.6) is 0 Å². The molecule has 0 aliphatic heterocycles. The third-order valence-electron chi connectivity index (χ3n) is 3.17. The van der Waals surface area contributed by atoms with Crippen LogP contribution in [0, 0.1) is 0 Å². The molecular formula is C12H14Cl3NO2S. The minimum Gasteiger partial charge on any atom is -0.207 e. The van der Waals surface area contributed by atoms with E-state index in [0.717, 1.165) is 25.7 Å². The number of sulfonamides is 1. The third-order valence-corrected chi connectivity index (χ3v) is 5.90. The third kappa shape index (κ3) is 3.76. The summed E-state index contributed by atoms with van der Waals surface area (Å²) in [6.07, 6.45) is 3.58. The Morgan fingerprint density at radius 3 is 2.47 bits per heavy atom. The van der Waals surface area contributed by atoms with Gasteiger partial charge in [-0.05, 0) is 31.0 Å². The highest BCUT2D eigenvalue weighted by Crippen LogP contribution is 2.28. The first-order chi connectivity index (χ1) is 8.90. The molecule has 0 aromatic heterocycles. The minimum absolute atomic E-state index is 0.0352. The van der Waals surface area contributed by atoms with Crippen molar-refractivity contribution < 1.29 is 8.42 Å². The summed E-state index contributed by atoms with van der Waals surface area (Å²) in [7, 11) is -3.67. The van der Waals surface area contributed by atoms with Gasteiger partial charge < -0.3 is 0 Å². The van der Waals surface area contributed by atoms with Crippen LogP contribution < -0.4 is 4.72 Å². The van der Waals surface area contributed by atoms with Crippen molar-refractivity contribution in [1.82, 2.24) is 4.72 Å². The molecule has 19 heavy (non-hydrogen) atoms. The number of rotatable bonds is 3. The fourth-order valence-electron chi connectivity index (χ4n) is 2.17. The zero-order valence-corrected chi connectivity index (χ0v) is 13.2. The van der Waals surface area contributed by atoms with E-state index >= 15 is 0 Å². The molecular weight excluding hydrogens is 329 g/mol. The zero-order valence-electron chi connectivity index (χ0n) is 10.1. The number of nitrogens with one attached hydrogen (secondary N) is 1. The lowest BCUT2D eigenvalue weighted by atomic mass is 9.96. The molecule has 2 rings (SSSR count). The number of alkyl halides is 1. The smallest absolute Gasteiger partial charge is 0.207 e. The molecule has 1 aliphatic carbocycles. The van der Waals surface area contributed by atoms with Gasteiger partial charge in [-0.2, -0.15) is 0 Å². The second-order valence-electron chi connectivity index (χ2n) is 4.60. The van der Waals surface area contributed by atoms with Gasteiger partial charge in [-0.1, -0.05) is 36.0 Å². The van der Waals surface area contributed by atoms with Gasteiger partial charge in [-0.3, -0.25) is 0 Å². The SMILES string of the molecule is O=S(=O)(N[C@@H]1CCCC[C@@H]1Cl)c1ccc(Cl)cc1Cl. The van der Waals surface area contributed by atoms with Gasteiger partial charge in [0, 0.05) is 16.4 Å². The summed E-state index contributed by atoms with van der Waals surface area (Å²) >= 11 is 17.9. The zero-order chi connectivity index (χ0) is 14.0. The molecule has 1 aliphatic rings. The van der Waals surface area contributed by atoms with Gasteiger partial charge >= 0.3 is 0 Å². The quantitative estimate of drug-likeness (QED) is 0.849. The number of halogens is 3. The molecule has 1 saturated carbocycles. The van der Waals surface area contributed by atoms with Crippen molar-refractivity contribution in [2.24, 2.45) is 0 Å². The second kappa shape index (κ2) is 6.19. The van der Waals surface area contributed by atoms with Crippen LogP contribution in [0.3, 0.4) is 0 Å². The minimum atomic E-state index is -3.67. The van der Waals surface area contributed by atoms with Gasteiger partial charge in [0.05, 0.1) is 5.02 Å². The van der Waals surface area contributed by atoms with Crippen molar-refractivity contribution in [3.05, 3.63) is 28.2 Å². The standard InChI is InChI=1S/C12H14Cl3NO2S/c13-8-5-6-12(10(15)7-8)19(17,18)16-11-4-2-1-3-9(11)14/h5-7,9,11,16H,1-4H2/t9-,11+/m0/s1. The van der Waals surface area contributed by atoms with Gasteiger partial charge in [0.1, 0.15) is 4.90 Å². The van der Waals surface area contributed by atoms with Crippen LogP contribution in [0.25, 0.3) is 0 Å². The fourth-order valence-corrected chi connectivity index (χ4v) is 4.68. The van der Waals surface area contributed by atoms with Crippen LogP contribution >= 0.6 is 34.8 Å². The summed E-state index contributed by atoms with van der Waals surface area (Å²) in [6, 6.07) is 4.07. The van der Waals surface area contributed by atoms with Gasteiger partial charge in [-0.15, -0.1) is 11.6 Å². The molecule has 0 bridgehead atoms. The maximum atomic E-state index is 12.3. The summed E-state index contributed by atoms with van der Waals surface area (Å²) in [4.78, 5) is 0.0352. The summed E-state index contributed by atoms with van der Waals surface area (Å²) in [5, 5.41) is 0.341. The topological polar surface area (TPSA) is 46.2 Å². The summed E-state index contributed by atoms with van der Waals surface area (Å²) < 4.78 is 27.2. The molecule has 7 heteroatoms. The largest absolute Gasteiger partial charge is 0.242 e. The van der Waals surface area contributed by atoms with E-state index in [1.54, 1.807) is 0 Å². The molecule has 106 valence electrons. The van der Waals surface area contributed by atoms with Crippen molar-refractivity contribution in [2.45, 2.75) is 42.0 Å². The molecule has 0 saturated heterocycles. The van der Waals surface area contributed by atoms with Crippen LogP contribution in [-0.2, 0) is 10.0 Å². The monoisotopic (exact) mass is 341 g/mol. The maximum Gasteiger partial charge on any atom is 0.242 e. The Morgan fingerprint density at radius 2 is 1.84 bits per heavy atom. The Hall–Kier alpha value is -0.000000000000000111. The van der Waals surface area contributed by atoms with Crippen molar-refractivity contribution >= 4 is 44.8 Å². The average molecular weight is 343 g/mol. The molecule has 1 N–H and O–H groups in total. The number of hydrogen-bond acceptors (Lipinski definition) is 2. The maximum absolute atomic E-state index is 12.3. The molecule has 3 nitrogen and oxygen atoms in total. The summed E-state index contributed by atoms with van der Waals surface area (Å²) in [5.74, 6) is 0. The molecule has 0 radical (unpaired) electrons. The molecule has 0 spiro atoms. The predicted molar refractivity (Wildman–Crippen MR) is 78.7 cm³/mol. The Morgan fingerprint density at radius 1 is 1.16 bits per heavy atom. The van der Waals surface area contributed by atoms with Crippen LogP contribution in [0.4, 0.5) is 0 Å². The van der Waals surface area contributed by atoms with Crippen molar-refractivity contribution in [2.75, 3.05) is 0 Å². The van der Waals surface area contributed by atoms with E-state index in [4.69, 9.17) is 34.8 Å². The van der Waals surface area contributed by atoms with Crippen molar-refractivity contribution in [3.8, 4) is 0 Å². The lowest BCUT2D eigenvalue weighted by Crippen LogP contribution is -2.42. The summed E-state index contributed by atoms with van der Waals surface area (Å²) in [5.41, 5.74) is 0. The Balaban J connectivity index is 2.22. The Bertz CT molecular complexity index is 562. The number of hydrogen-bond donors (Lipinski definition) is 1.